The van der Waals surface area contributed by atoms with Crippen molar-refractivity contribution in [2.24, 2.45) is 0 Å². The molecule has 4 nitrogen and oxygen atoms in total. The van der Waals surface area contributed by atoms with Crippen molar-refractivity contribution in [2.45, 2.75) is 19.6 Å². The number of para-hydroxylation sites is 1. The van der Waals surface area contributed by atoms with Crippen LogP contribution in [0.1, 0.15) is 16.7 Å². The molecule has 0 amide bonds. The average Bonchev–Trinajstić information content (AvgIpc) is 3.20. The molecule has 1 aromatic heterocycles. The van der Waals surface area contributed by atoms with Crippen molar-refractivity contribution in [3.05, 3.63) is 93.6 Å². The zero-order valence-corrected chi connectivity index (χ0v) is 18.8. The quantitative estimate of drug-likeness (QED) is 0.287. The first-order valence-electron chi connectivity index (χ1n) is 10.1. The molecule has 0 saturated heterocycles. The number of nitrogens with one attached hydrogen (secondary N) is 2. The summed E-state index contributed by atoms with van der Waals surface area (Å²) in [6.45, 7) is 1.90. The van der Waals surface area contributed by atoms with Crippen LogP contribution in [0.4, 0.5) is 0 Å². The molecule has 0 atom stereocenters. The number of hydrogen-bond donors (Lipinski definition) is 2. The minimum absolute atomic E-state index is 0.409. The maximum Gasteiger partial charge on any atom is 0.163 e. The number of methoxy groups -OCH3 is 1. The number of H-pyrrole nitrogens is 1. The Morgan fingerprint density at radius 1 is 0.935 bits per heavy atom. The fourth-order valence-electron chi connectivity index (χ4n) is 3.51. The summed E-state index contributed by atoms with van der Waals surface area (Å²) < 4.78 is 11.5. The summed E-state index contributed by atoms with van der Waals surface area (Å²) in [5.74, 6) is 1.27. The third kappa shape index (κ3) is 5.34. The summed E-state index contributed by atoms with van der Waals surface area (Å²) >= 11 is 12.5. The van der Waals surface area contributed by atoms with Gasteiger partial charge in [-0.2, -0.15) is 0 Å². The zero-order valence-electron chi connectivity index (χ0n) is 17.3. The van der Waals surface area contributed by atoms with Crippen molar-refractivity contribution in [1.29, 1.82) is 0 Å². The number of hydrogen-bond acceptors (Lipinski definition) is 3. The van der Waals surface area contributed by atoms with E-state index in [4.69, 9.17) is 32.7 Å². The predicted molar refractivity (Wildman–Crippen MR) is 127 cm³/mol. The molecule has 0 spiro atoms. The Morgan fingerprint density at radius 3 is 2.55 bits per heavy atom. The van der Waals surface area contributed by atoms with E-state index < -0.39 is 0 Å². The molecule has 1 heterocycles. The van der Waals surface area contributed by atoms with Crippen molar-refractivity contribution in [1.82, 2.24) is 10.3 Å². The molecular weight excluding hydrogens is 431 g/mol. The first-order valence-corrected chi connectivity index (χ1v) is 10.9. The van der Waals surface area contributed by atoms with Gasteiger partial charge in [-0.15, -0.1) is 0 Å². The molecule has 31 heavy (non-hydrogen) atoms. The maximum atomic E-state index is 6.52. The molecule has 0 fully saturated rings. The maximum absolute atomic E-state index is 6.52. The van der Waals surface area contributed by atoms with Gasteiger partial charge < -0.3 is 19.8 Å². The first-order chi connectivity index (χ1) is 15.1. The van der Waals surface area contributed by atoms with E-state index in [0.717, 1.165) is 24.1 Å². The molecule has 0 radical (unpaired) electrons. The van der Waals surface area contributed by atoms with E-state index in [9.17, 15) is 0 Å². The lowest BCUT2D eigenvalue weighted by atomic mass is 10.1. The molecule has 2 N–H and O–H groups in total. The molecule has 0 saturated carbocycles. The second kappa shape index (κ2) is 10.1. The van der Waals surface area contributed by atoms with Gasteiger partial charge in [0.15, 0.2) is 11.5 Å². The van der Waals surface area contributed by atoms with Gasteiger partial charge in [0.05, 0.1) is 7.11 Å². The smallest absolute Gasteiger partial charge is 0.163 e. The van der Waals surface area contributed by atoms with Crippen LogP contribution in [0.15, 0.2) is 66.9 Å². The van der Waals surface area contributed by atoms with Crippen LogP contribution in [-0.2, 0) is 19.6 Å². The lowest BCUT2D eigenvalue weighted by Crippen LogP contribution is -2.17. The number of aromatic nitrogens is 1. The van der Waals surface area contributed by atoms with Crippen molar-refractivity contribution >= 4 is 34.1 Å². The van der Waals surface area contributed by atoms with Gasteiger partial charge in [-0.1, -0.05) is 53.5 Å². The van der Waals surface area contributed by atoms with Gasteiger partial charge in [-0.25, -0.2) is 0 Å². The second-order valence-electron chi connectivity index (χ2n) is 7.30. The summed E-state index contributed by atoms with van der Waals surface area (Å²) in [5, 5.41) is 6.09. The second-order valence-corrected chi connectivity index (χ2v) is 8.14. The highest BCUT2D eigenvalue weighted by atomic mass is 35.5. The summed E-state index contributed by atoms with van der Waals surface area (Å²) in [6, 6.07) is 19.6. The Labute approximate surface area is 192 Å². The standard InChI is InChI=1S/C25H24Cl2N2O2/c1-30-24-12-19(14-28-11-10-18-15-29-23-5-3-2-4-21(18)23)22(27)13-25(24)31-16-17-6-8-20(26)9-7-17/h2-9,12-13,15,28-29H,10-11,14,16H2,1H3. The van der Waals surface area contributed by atoms with Crippen molar-refractivity contribution in [3.63, 3.8) is 0 Å². The number of benzene rings is 3. The van der Waals surface area contributed by atoms with Crippen molar-refractivity contribution < 1.29 is 9.47 Å². The van der Waals surface area contributed by atoms with Gasteiger partial charge in [0.2, 0.25) is 0 Å². The molecule has 0 aliphatic rings. The van der Waals surface area contributed by atoms with Gasteiger partial charge in [0.1, 0.15) is 6.61 Å². The number of fused-ring (bicyclic) bond motifs is 1. The molecule has 4 aromatic rings. The SMILES string of the molecule is COc1cc(CNCCc2c[nH]c3ccccc23)c(Cl)cc1OCc1ccc(Cl)cc1. The van der Waals surface area contributed by atoms with E-state index in [1.165, 1.54) is 16.5 Å². The first kappa shape index (κ1) is 21.6. The van der Waals surface area contributed by atoms with E-state index in [0.29, 0.717) is 34.7 Å². The van der Waals surface area contributed by atoms with Crippen molar-refractivity contribution in [3.8, 4) is 11.5 Å². The highest BCUT2D eigenvalue weighted by molar-refractivity contribution is 6.31. The fraction of sp³-hybridized carbons (Fsp3) is 0.200. The third-order valence-corrected chi connectivity index (χ3v) is 5.81. The Balaban J connectivity index is 1.35. The number of ether oxygens (including phenoxy) is 2. The molecule has 4 rings (SSSR count). The highest BCUT2D eigenvalue weighted by Crippen LogP contribution is 2.34. The Morgan fingerprint density at radius 2 is 1.74 bits per heavy atom. The van der Waals surface area contributed by atoms with Gasteiger partial charge in [-0.05, 0) is 53.9 Å². The number of rotatable bonds is 9. The molecule has 160 valence electrons. The van der Waals surface area contributed by atoms with Crippen LogP contribution in [0.25, 0.3) is 10.9 Å². The molecule has 0 bridgehead atoms. The van der Waals surface area contributed by atoms with E-state index in [-0.39, 0.29) is 0 Å². The molecule has 6 heteroatoms. The lowest BCUT2D eigenvalue weighted by molar-refractivity contribution is 0.284. The van der Waals surface area contributed by atoms with Gasteiger partial charge >= 0.3 is 0 Å². The minimum Gasteiger partial charge on any atom is -0.493 e. The summed E-state index contributed by atoms with van der Waals surface area (Å²) in [6.07, 6.45) is 3.01. The van der Waals surface area contributed by atoms with E-state index in [1.807, 2.05) is 42.5 Å². The zero-order chi connectivity index (χ0) is 21.6. The summed E-state index contributed by atoms with van der Waals surface area (Å²) in [5.41, 5.74) is 4.46. The lowest BCUT2D eigenvalue weighted by Gasteiger charge is -2.14. The van der Waals surface area contributed by atoms with E-state index in [1.54, 1.807) is 7.11 Å². The molecule has 0 aliphatic carbocycles. The molecular formula is C25H24Cl2N2O2. The number of halogens is 2. The average molecular weight is 455 g/mol. The summed E-state index contributed by atoms with van der Waals surface area (Å²) in [4.78, 5) is 3.32. The normalized spacial score (nSPS) is 11.1. The fourth-order valence-corrected chi connectivity index (χ4v) is 3.86. The number of aromatic amines is 1. The Kier molecular flexibility index (Phi) is 7.03. The van der Waals surface area contributed by atoms with E-state index >= 15 is 0 Å². The highest BCUT2D eigenvalue weighted by Gasteiger charge is 2.11. The van der Waals surface area contributed by atoms with Crippen LogP contribution < -0.4 is 14.8 Å². The Hall–Kier alpha value is -2.66. The molecule has 0 aliphatic heterocycles. The van der Waals surface area contributed by atoms with Crippen LogP contribution in [0, 0.1) is 0 Å². The largest absolute Gasteiger partial charge is 0.493 e. The van der Waals surface area contributed by atoms with Crippen LogP contribution >= 0.6 is 23.2 Å². The van der Waals surface area contributed by atoms with Gasteiger partial charge in [0, 0.05) is 39.8 Å². The summed E-state index contributed by atoms with van der Waals surface area (Å²) in [7, 11) is 1.63. The van der Waals surface area contributed by atoms with E-state index in [2.05, 4.69) is 34.7 Å². The van der Waals surface area contributed by atoms with Crippen molar-refractivity contribution in [2.75, 3.05) is 13.7 Å². The monoisotopic (exact) mass is 454 g/mol. The molecule has 3 aromatic carbocycles. The minimum atomic E-state index is 0.409. The Bertz CT molecular complexity index is 1160. The van der Waals surface area contributed by atoms with Crippen LogP contribution in [0.3, 0.4) is 0 Å². The van der Waals surface area contributed by atoms with Crippen LogP contribution in [0.5, 0.6) is 11.5 Å². The van der Waals surface area contributed by atoms with Crippen LogP contribution in [0.2, 0.25) is 10.0 Å². The topological polar surface area (TPSA) is 46.3 Å². The molecule has 0 unspecified atom stereocenters. The van der Waals surface area contributed by atoms with Gasteiger partial charge in [-0.3, -0.25) is 0 Å². The van der Waals surface area contributed by atoms with Gasteiger partial charge in [0.25, 0.3) is 0 Å². The predicted octanol–water partition coefficient (Wildman–Crippen LogP) is 6.39. The van der Waals surface area contributed by atoms with Crippen LogP contribution in [-0.4, -0.2) is 18.6 Å². The third-order valence-electron chi connectivity index (χ3n) is 5.20.